The standard InChI is InChI=1S/C18H15F5N2O3S2/c19-14-6-5-12(11-15(14)20)30(27,28)25-9-7-24(8-10-25)17(26)13-3-1-2-4-16(13)29-18(21,22)23/h1-6,11H,7-10H2. The third kappa shape index (κ3) is 4.93. The van der Waals surface area contributed by atoms with Crippen molar-refractivity contribution < 1.29 is 35.2 Å². The number of nitrogens with zero attached hydrogens (tertiary/aromatic N) is 2. The fraction of sp³-hybridized carbons (Fsp3) is 0.278. The van der Waals surface area contributed by atoms with Crippen LogP contribution in [0.1, 0.15) is 10.4 Å². The van der Waals surface area contributed by atoms with E-state index in [1.54, 1.807) is 0 Å². The number of alkyl halides is 3. The predicted molar refractivity (Wildman–Crippen MR) is 99.4 cm³/mol. The van der Waals surface area contributed by atoms with Crippen molar-refractivity contribution >= 4 is 27.7 Å². The van der Waals surface area contributed by atoms with Gasteiger partial charge in [0.05, 0.1) is 10.5 Å². The van der Waals surface area contributed by atoms with Crippen LogP contribution in [-0.2, 0) is 10.0 Å². The summed E-state index contributed by atoms with van der Waals surface area (Å²) in [5, 5.41) is 0. The zero-order chi connectivity index (χ0) is 22.1. The zero-order valence-electron chi connectivity index (χ0n) is 15.2. The summed E-state index contributed by atoms with van der Waals surface area (Å²) in [6.07, 6.45) is 0. The van der Waals surface area contributed by atoms with E-state index in [0.29, 0.717) is 12.1 Å². The highest BCUT2D eigenvalue weighted by atomic mass is 32.2. The van der Waals surface area contributed by atoms with Crippen LogP contribution in [-0.4, -0.2) is 55.2 Å². The summed E-state index contributed by atoms with van der Waals surface area (Å²) >= 11 is -0.396. The molecule has 0 unspecified atom stereocenters. The first-order chi connectivity index (χ1) is 14.0. The molecule has 30 heavy (non-hydrogen) atoms. The molecule has 0 saturated carbocycles. The third-order valence-corrected chi connectivity index (χ3v) is 7.10. The highest BCUT2D eigenvalue weighted by Crippen LogP contribution is 2.38. The average molecular weight is 466 g/mol. The zero-order valence-corrected chi connectivity index (χ0v) is 16.8. The van der Waals surface area contributed by atoms with Crippen LogP contribution in [0.3, 0.4) is 0 Å². The molecule has 1 aliphatic rings. The van der Waals surface area contributed by atoms with E-state index >= 15 is 0 Å². The molecule has 0 aromatic heterocycles. The molecule has 0 bridgehead atoms. The Morgan fingerprint density at radius 2 is 1.57 bits per heavy atom. The molecular formula is C18H15F5N2O3S2. The van der Waals surface area contributed by atoms with Crippen LogP contribution < -0.4 is 0 Å². The Morgan fingerprint density at radius 1 is 0.933 bits per heavy atom. The number of amides is 1. The van der Waals surface area contributed by atoms with Gasteiger partial charge in [0, 0.05) is 31.1 Å². The number of piperazine rings is 1. The highest BCUT2D eigenvalue weighted by Gasteiger charge is 2.34. The summed E-state index contributed by atoms with van der Waals surface area (Å²) in [6.45, 7) is -0.400. The molecule has 2 aromatic carbocycles. The summed E-state index contributed by atoms with van der Waals surface area (Å²) in [4.78, 5) is 13.3. The molecule has 0 atom stereocenters. The number of benzene rings is 2. The van der Waals surface area contributed by atoms with Crippen molar-refractivity contribution in [3.63, 3.8) is 0 Å². The Bertz CT molecular complexity index is 1050. The molecular weight excluding hydrogens is 451 g/mol. The number of carbonyl (C=O) groups excluding carboxylic acids is 1. The maximum Gasteiger partial charge on any atom is 0.446 e. The van der Waals surface area contributed by atoms with E-state index in [4.69, 9.17) is 0 Å². The van der Waals surface area contributed by atoms with Crippen LogP contribution in [0, 0.1) is 11.6 Å². The van der Waals surface area contributed by atoms with Crippen molar-refractivity contribution in [2.45, 2.75) is 15.3 Å². The molecule has 1 heterocycles. The molecule has 0 spiro atoms. The normalized spacial score (nSPS) is 16.0. The lowest BCUT2D eigenvalue weighted by molar-refractivity contribution is -0.0328. The topological polar surface area (TPSA) is 57.7 Å². The van der Waals surface area contributed by atoms with Gasteiger partial charge in [-0.3, -0.25) is 4.79 Å². The van der Waals surface area contributed by atoms with Crippen LogP contribution in [0.4, 0.5) is 22.0 Å². The van der Waals surface area contributed by atoms with Gasteiger partial charge >= 0.3 is 5.51 Å². The first-order valence-electron chi connectivity index (χ1n) is 8.58. The van der Waals surface area contributed by atoms with E-state index in [1.807, 2.05) is 0 Å². The highest BCUT2D eigenvalue weighted by molar-refractivity contribution is 8.00. The Morgan fingerprint density at radius 3 is 2.17 bits per heavy atom. The fourth-order valence-corrected chi connectivity index (χ4v) is 5.04. The van der Waals surface area contributed by atoms with Crippen molar-refractivity contribution in [1.29, 1.82) is 0 Å². The van der Waals surface area contributed by atoms with Crippen LogP contribution in [0.2, 0.25) is 0 Å². The van der Waals surface area contributed by atoms with Gasteiger partial charge in [0.2, 0.25) is 10.0 Å². The van der Waals surface area contributed by atoms with Gasteiger partial charge in [-0.2, -0.15) is 17.5 Å². The number of sulfonamides is 1. The Hall–Kier alpha value is -2.18. The smallest absolute Gasteiger partial charge is 0.336 e. The number of carbonyl (C=O) groups is 1. The van der Waals surface area contributed by atoms with Crippen LogP contribution in [0.15, 0.2) is 52.3 Å². The Balaban J connectivity index is 1.73. The Labute approximate surface area is 173 Å². The van der Waals surface area contributed by atoms with E-state index in [-0.39, 0.29) is 36.6 Å². The average Bonchev–Trinajstić information content (AvgIpc) is 2.69. The maximum atomic E-state index is 13.4. The number of hydrogen-bond acceptors (Lipinski definition) is 4. The Kier molecular flexibility index (Phi) is 6.39. The van der Waals surface area contributed by atoms with Gasteiger partial charge in [0.15, 0.2) is 11.6 Å². The summed E-state index contributed by atoms with van der Waals surface area (Å²) in [5.41, 5.74) is -4.69. The predicted octanol–water partition coefficient (Wildman–Crippen LogP) is 3.72. The molecule has 12 heteroatoms. The largest absolute Gasteiger partial charge is 0.446 e. The molecule has 162 valence electrons. The van der Waals surface area contributed by atoms with Crippen molar-refractivity contribution in [3.05, 3.63) is 59.7 Å². The lowest BCUT2D eigenvalue weighted by Crippen LogP contribution is -2.50. The van der Waals surface area contributed by atoms with E-state index in [9.17, 15) is 35.2 Å². The van der Waals surface area contributed by atoms with Crippen molar-refractivity contribution in [2.75, 3.05) is 26.2 Å². The quantitative estimate of drug-likeness (QED) is 0.509. The molecule has 0 aliphatic carbocycles. The molecule has 1 amide bonds. The summed E-state index contributed by atoms with van der Waals surface area (Å²) < 4.78 is 90.9. The minimum Gasteiger partial charge on any atom is -0.336 e. The molecule has 5 nitrogen and oxygen atoms in total. The molecule has 1 aliphatic heterocycles. The van der Waals surface area contributed by atoms with Crippen molar-refractivity contribution in [1.82, 2.24) is 9.21 Å². The molecule has 1 saturated heterocycles. The first-order valence-corrected chi connectivity index (χ1v) is 10.8. The molecule has 1 fully saturated rings. The van der Waals surface area contributed by atoms with Crippen LogP contribution in [0.5, 0.6) is 0 Å². The summed E-state index contributed by atoms with van der Waals surface area (Å²) in [5.74, 6) is -3.13. The van der Waals surface area contributed by atoms with Gasteiger partial charge in [-0.1, -0.05) is 12.1 Å². The molecule has 2 aromatic rings. The van der Waals surface area contributed by atoms with Gasteiger partial charge in [-0.25, -0.2) is 17.2 Å². The summed E-state index contributed by atoms with van der Waals surface area (Å²) in [7, 11) is -4.11. The minimum atomic E-state index is -4.56. The fourth-order valence-electron chi connectivity index (χ4n) is 2.95. The first kappa shape index (κ1) is 22.5. The van der Waals surface area contributed by atoms with E-state index < -0.39 is 49.7 Å². The second kappa shape index (κ2) is 8.52. The molecule has 0 N–H and O–H groups in total. The molecule has 0 radical (unpaired) electrons. The number of rotatable bonds is 4. The van der Waals surface area contributed by atoms with Gasteiger partial charge in [-0.15, -0.1) is 0 Å². The van der Waals surface area contributed by atoms with Crippen molar-refractivity contribution in [2.24, 2.45) is 0 Å². The van der Waals surface area contributed by atoms with Crippen LogP contribution >= 0.6 is 11.8 Å². The van der Waals surface area contributed by atoms with Gasteiger partial charge in [-0.05, 0) is 42.1 Å². The lowest BCUT2D eigenvalue weighted by Gasteiger charge is -2.34. The van der Waals surface area contributed by atoms with Crippen molar-refractivity contribution in [3.8, 4) is 0 Å². The summed E-state index contributed by atoms with van der Waals surface area (Å²) in [6, 6.07) is 7.52. The number of halogens is 5. The third-order valence-electron chi connectivity index (χ3n) is 4.40. The molecule has 3 rings (SSSR count). The minimum absolute atomic E-state index is 0.0627. The maximum absolute atomic E-state index is 13.4. The van der Waals surface area contributed by atoms with Gasteiger partial charge in [0.1, 0.15) is 0 Å². The van der Waals surface area contributed by atoms with E-state index in [0.717, 1.165) is 10.4 Å². The number of thioether (sulfide) groups is 1. The second-order valence-corrected chi connectivity index (χ2v) is 9.36. The lowest BCUT2D eigenvalue weighted by atomic mass is 10.2. The van der Waals surface area contributed by atoms with E-state index in [2.05, 4.69) is 0 Å². The monoisotopic (exact) mass is 466 g/mol. The second-order valence-electron chi connectivity index (χ2n) is 6.32. The SMILES string of the molecule is O=C(c1ccccc1SC(F)(F)F)N1CCN(S(=O)(=O)c2ccc(F)c(F)c2)CC1. The van der Waals surface area contributed by atoms with Gasteiger partial charge < -0.3 is 4.90 Å². The van der Waals surface area contributed by atoms with E-state index in [1.165, 1.54) is 29.2 Å². The number of hydrogen-bond donors (Lipinski definition) is 0. The van der Waals surface area contributed by atoms with Gasteiger partial charge in [0.25, 0.3) is 5.91 Å². The van der Waals surface area contributed by atoms with Crippen LogP contribution in [0.25, 0.3) is 0 Å².